The minimum absolute atomic E-state index is 0.0317. The second-order valence-corrected chi connectivity index (χ2v) is 11.2. The number of aliphatic carboxylic acids is 1. The summed E-state index contributed by atoms with van der Waals surface area (Å²) in [5, 5.41) is 8.77. The van der Waals surface area contributed by atoms with Gasteiger partial charge in [0.15, 0.2) is 0 Å². The molecular weight excluding hydrogens is 380 g/mol. The van der Waals surface area contributed by atoms with E-state index in [0.29, 0.717) is 23.0 Å². The number of fused-ring (bicyclic) bond motifs is 5. The molecular formula is C25H38O5. The van der Waals surface area contributed by atoms with E-state index in [1.807, 2.05) is 0 Å². The Morgan fingerprint density at radius 2 is 1.60 bits per heavy atom. The first-order valence-corrected chi connectivity index (χ1v) is 12.1. The molecule has 4 aliphatic rings. The number of Topliss-reactive ketones (excluding diaryl/α,β-unsaturated/α-hetero) is 1. The zero-order valence-corrected chi connectivity index (χ0v) is 18.8. The molecule has 0 radical (unpaired) electrons. The summed E-state index contributed by atoms with van der Waals surface area (Å²) in [4.78, 5) is 35.0. The van der Waals surface area contributed by atoms with Gasteiger partial charge in [0.25, 0.3) is 0 Å². The molecule has 4 aliphatic carbocycles. The van der Waals surface area contributed by atoms with Crippen molar-refractivity contribution in [3.8, 4) is 0 Å². The number of hydrogen-bond acceptors (Lipinski definition) is 4. The minimum Gasteiger partial charge on any atom is -0.481 e. The van der Waals surface area contributed by atoms with Gasteiger partial charge in [-0.15, -0.1) is 0 Å². The number of carboxylic acid groups (broad SMARTS) is 1. The Hall–Kier alpha value is -1.39. The van der Waals surface area contributed by atoms with E-state index < -0.39 is 5.97 Å². The summed E-state index contributed by atoms with van der Waals surface area (Å²) in [5.74, 6) is 2.07. The molecule has 0 spiro atoms. The van der Waals surface area contributed by atoms with E-state index in [4.69, 9.17) is 9.84 Å². The number of carboxylic acids is 1. The normalized spacial score (nSPS) is 45.0. The third-order valence-electron chi connectivity index (χ3n) is 9.95. The highest BCUT2D eigenvalue weighted by atomic mass is 16.5. The minimum atomic E-state index is -0.954. The van der Waals surface area contributed by atoms with Gasteiger partial charge in [0.2, 0.25) is 0 Å². The molecule has 0 aromatic carbocycles. The molecule has 3 unspecified atom stereocenters. The van der Waals surface area contributed by atoms with Crippen LogP contribution in [0.2, 0.25) is 0 Å². The number of rotatable bonds is 5. The number of carbonyl (C=O) groups is 3. The Bertz CT molecular complexity index is 716. The predicted octanol–water partition coefficient (Wildman–Crippen LogP) is 5.01. The molecule has 168 valence electrons. The molecule has 0 saturated heterocycles. The summed E-state index contributed by atoms with van der Waals surface area (Å²) >= 11 is 0. The van der Waals surface area contributed by atoms with Crippen LogP contribution in [0, 0.1) is 40.4 Å². The average molecular weight is 419 g/mol. The lowest BCUT2D eigenvalue weighted by atomic mass is 9.44. The molecule has 0 heterocycles. The molecule has 0 aromatic rings. The van der Waals surface area contributed by atoms with Crippen LogP contribution in [0.5, 0.6) is 0 Å². The van der Waals surface area contributed by atoms with Gasteiger partial charge in [-0.1, -0.05) is 13.8 Å². The van der Waals surface area contributed by atoms with Crippen molar-refractivity contribution in [2.24, 2.45) is 40.4 Å². The van der Waals surface area contributed by atoms with Gasteiger partial charge in [-0.05, 0) is 99.2 Å². The molecule has 0 bridgehead atoms. The second-order valence-electron chi connectivity index (χ2n) is 11.2. The second kappa shape index (κ2) is 7.94. The lowest BCUT2D eigenvalue weighted by Crippen LogP contribution is -2.54. The molecule has 4 rings (SSSR count). The monoisotopic (exact) mass is 418 g/mol. The maximum Gasteiger partial charge on any atom is 0.306 e. The highest BCUT2D eigenvalue weighted by Gasteiger charge is 2.60. The number of ether oxygens (including phenoxy) is 1. The number of hydrogen-bond donors (Lipinski definition) is 1. The Morgan fingerprint density at radius 3 is 2.30 bits per heavy atom. The van der Waals surface area contributed by atoms with E-state index in [-0.39, 0.29) is 36.2 Å². The van der Waals surface area contributed by atoms with Crippen molar-refractivity contribution in [3.05, 3.63) is 0 Å². The average Bonchev–Trinajstić information content (AvgIpc) is 3.04. The van der Waals surface area contributed by atoms with Gasteiger partial charge in [0, 0.05) is 5.92 Å². The van der Waals surface area contributed by atoms with Crippen LogP contribution in [-0.4, -0.2) is 28.9 Å². The standard InChI is InChI=1S/C25H38O5/c1-15(26)19-6-7-20-18-5-4-16-14-17(30-23(29)9-8-22(27)28)10-12-24(16,2)21(18)11-13-25(19,20)3/h16-21H,4-14H2,1-3H3,(H,27,28)/t16-,17-,18?,19-,20?,21?,24+,25-/m1/s1. The van der Waals surface area contributed by atoms with Crippen LogP contribution in [0.15, 0.2) is 0 Å². The maximum atomic E-state index is 12.3. The van der Waals surface area contributed by atoms with Crippen LogP contribution in [0.3, 0.4) is 0 Å². The van der Waals surface area contributed by atoms with Crippen molar-refractivity contribution in [3.63, 3.8) is 0 Å². The summed E-state index contributed by atoms with van der Waals surface area (Å²) in [6, 6.07) is 0. The first-order valence-electron chi connectivity index (χ1n) is 12.1. The lowest BCUT2D eigenvalue weighted by molar-refractivity contribution is -0.164. The van der Waals surface area contributed by atoms with E-state index in [2.05, 4.69) is 13.8 Å². The van der Waals surface area contributed by atoms with Crippen LogP contribution in [0.1, 0.15) is 91.4 Å². The predicted molar refractivity (Wildman–Crippen MR) is 113 cm³/mol. The van der Waals surface area contributed by atoms with E-state index in [9.17, 15) is 14.4 Å². The molecule has 5 heteroatoms. The summed E-state index contributed by atoms with van der Waals surface area (Å²) < 4.78 is 5.66. The van der Waals surface area contributed by atoms with Crippen molar-refractivity contribution >= 4 is 17.7 Å². The summed E-state index contributed by atoms with van der Waals surface area (Å²) in [7, 11) is 0. The first kappa shape index (κ1) is 21.8. The fourth-order valence-corrected chi connectivity index (χ4v) is 8.45. The molecule has 8 atom stereocenters. The third kappa shape index (κ3) is 3.60. The smallest absolute Gasteiger partial charge is 0.306 e. The molecule has 4 fully saturated rings. The van der Waals surface area contributed by atoms with Crippen molar-refractivity contribution in [2.45, 2.75) is 97.5 Å². The Kier molecular flexibility index (Phi) is 5.78. The molecule has 0 aromatic heterocycles. The van der Waals surface area contributed by atoms with Crippen molar-refractivity contribution in [1.82, 2.24) is 0 Å². The van der Waals surface area contributed by atoms with Crippen molar-refractivity contribution in [1.29, 1.82) is 0 Å². The third-order valence-corrected chi connectivity index (χ3v) is 9.95. The van der Waals surface area contributed by atoms with Gasteiger partial charge in [-0.2, -0.15) is 0 Å². The van der Waals surface area contributed by atoms with Crippen LogP contribution in [0.25, 0.3) is 0 Å². The molecule has 0 amide bonds. The van der Waals surface area contributed by atoms with Crippen molar-refractivity contribution < 1.29 is 24.2 Å². The zero-order chi connectivity index (χ0) is 21.7. The van der Waals surface area contributed by atoms with E-state index in [0.717, 1.165) is 37.5 Å². The topological polar surface area (TPSA) is 80.7 Å². The van der Waals surface area contributed by atoms with Crippen LogP contribution in [0.4, 0.5) is 0 Å². The van der Waals surface area contributed by atoms with Gasteiger partial charge in [-0.25, -0.2) is 0 Å². The van der Waals surface area contributed by atoms with Gasteiger partial charge in [0.1, 0.15) is 11.9 Å². The van der Waals surface area contributed by atoms with Crippen LogP contribution < -0.4 is 0 Å². The highest BCUT2D eigenvalue weighted by molar-refractivity contribution is 5.79. The fraction of sp³-hybridized carbons (Fsp3) is 0.880. The van der Waals surface area contributed by atoms with Gasteiger partial charge < -0.3 is 9.84 Å². The number of carbonyl (C=O) groups excluding carboxylic acids is 2. The Labute approximate surface area is 180 Å². The zero-order valence-electron chi connectivity index (χ0n) is 18.8. The SMILES string of the molecule is CC(=O)[C@H]1CCC2C3CC[C@@H]4C[C@H](OC(=O)CCC(=O)O)CC[C@]4(C)C3CC[C@@]21C. The molecule has 0 aliphatic heterocycles. The van der Waals surface area contributed by atoms with Gasteiger partial charge >= 0.3 is 11.9 Å². The van der Waals surface area contributed by atoms with Crippen LogP contribution >= 0.6 is 0 Å². The molecule has 4 saturated carbocycles. The Balaban J connectivity index is 1.42. The van der Waals surface area contributed by atoms with E-state index >= 15 is 0 Å². The highest BCUT2D eigenvalue weighted by Crippen LogP contribution is 2.67. The van der Waals surface area contributed by atoms with Crippen molar-refractivity contribution in [2.75, 3.05) is 0 Å². The maximum absolute atomic E-state index is 12.3. The number of esters is 1. The number of ketones is 1. The van der Waals surface area contributed by atoms with Gasteiger partial charge in [0.05, 0.1) is 12.8 Å². The molecule has 30 heavy (non-hydrogen) atoms. The van der Waals surface area contributed by atoms with Gasteiger partial charge in [-0.3, -0.25) is 14.4 Å². The molecule has 5 nitrogen and oxygen atoms in total. The fourth-order valence-electron chi connectivity index (χ4n) is 8.45. The largest absolute Gasteiger partial charge is 0.481 e. The summed E-state index contributed by atoms with van der Waals surface area (Å²) in [5.41, 5.74) is 0.510. The lowest BCUT2D eigenvalue weighted by Gasteiger charge is -2.61. The summed E-state index contributed by atoms with van der Waals surface area (Å²) in [6.45, 7) is 6.67. The quantitative estimate of drug-likeness (QED) is 0.635. The van der Waals surface area contributed by atoms with E-state index in [1.54, 1.807) is 6.92 Å². The molecule has 1 N–H and O–H groups in total. The summed E-state index contributed by atoms with van der Waals surface area (Å²) in [6.07, 6.45) is 9.82. The first-order chi connectivity index (χ1) is 14.1. The van der Waals surface area contributed by atoms with E-state index in [1.165, 1.54) is 32.1 Å². The van der Waals surface area contributed by atoms with Crippen LogP contribution in [-0.2, 0) is 19.1 Å². The Morgan fingerprint density at radius 1 is 0.900 bits per heavy atom.